The van der Waals surface area contributed by atoms with Crippen molar-refractivity contribution in [3.8, 4) is 28.1 Å². The van der Waals surface area contributed by atoms with Crippen LogP contribution in [-0.4, -0.2) is 46.2 Å². The molecule has 9 nitrogen and oxygen atoms in total. The third-order valence-electron chi connectivity index (χ3n) is 7.71. The molecule has 4 heterocycles. The Morgan fingerprint density at radius 2 is 1.95 bits per heavy atom. The monoisotopic (exact) mass is 560 g/mol. The minimum absolute atomic E-state index is 0.187. The van der Waals surface area contributed by atoms with Crippen molar-refractivity contribution in [2.24, 2.45) is 0 Å². The lowest BCUT2D eigenvalue weighted by Crippen LogP contribution is -2.31. The van der Waals surface area contributed by atoms with E-state index in [1.165, 1.54) is 12.1 Å². The highest BCUT2D eigenvalue weighted by atomic mass is 32.2. The summed E-state index contributed by atoms with van der Waals surface area (Å²) < 4.78 is 57.9. The number of halogens is 2. The number of fused-ring (bicyclic) bond motifs is 1. The molecule has 1 aliphatic heterocycles. The van der Waals surface area contributed by atoms with Crippen molar-refractivity contribution in [2.45, 2.75) is 30.8 Å². The zero-order valence-corrected chi connectivity index (χ0v) is 22.0. The van der Waals surface area contributed by atoms with Gasteiger partial charge in [-0.05, 0) is 73.3 Å². The summed E-state index contributed by atoms with van der Waals surface area (Å²) >= 11 is -2.51. The molecule has 0 amide bonds. The molecule has 40 heavy (non-hydrogen) atoms. The van der Waals surface area contributed by atoms with Crippen LogP contribution in [0.3, 0.4) is 0 Å². The number of aromatic nitrogens is 5. The lowest BCUT2D eigenvalue weighted by atomic mass is 10.0. The Hall–Kier alpha value is -3.84. The lowest BCUT2D eigenvalue weighted by Gasteiger charge is -2.20. The molecular formula is C28H24F2N7O2S-. The van der Waals surface area contributed by atoms with Crippen LogP contribution in [0.25, 0.3) is 39.1 Å². The molecule has 2 unspecified atom stereocenters. The normalized spacial score (nSPS) is 18.8. The molecule has 7 rings (SSSR count). The van der Waals surface area contributed by atoms with E-state index in [0.29, 0.717) is 36.0 Å². The van der Waals surface area contributed by atoms with Crippen LogP contribution >= 0.6 is 0 Å². The van der Waals surface area contributed by atoms with E-state index in [4.69, 9.17) is 4.98 Å². The van der Waals surface area contributed by atoms with E-state index in [1.807, 2.05) is 35.3 Å². The van der Waals surface area contributed by atoms with Gasteiger partial charge in [-0.1, -0.05) is 6.07 Å². The molecular weight excluding hydrogens is 536 g/mol. The number of imidazole rings is 1. The second-order valence-electron chi connectivity index (χ2n) is 10.3. The van der Waals surface area contributed by atoms with E-state index in [-0.39, 0.29) is 5.56 Å². The highest BCUT2D eigenvalue weighted by molar-refractivity contribution is 7.77. The van der Waals surface area contributed by atoms with Crippen molar-refractivity contribution < 1.29 is 17.5 Å². The van der Waals surface area contributed by atoms with Crippen molar-refractivity contribution in [3.63, 3.8) is 0 Å². The molecule has 12 heteroatoms. The smallest absolute Gasteiger partial charge is 0.139 e. The van der Waals surface area contributed by atoms with Crippen LogP contribution in [-0.2, 0) is 16.8 Å². The molecule has 1 aliphatic carbocycles. The first kappa shape index (κ1) is 25.1. The van der Waals surface area contributed by atoms with Gasteiger partial charge in [-0.15, -0.1) is 0 Å². The Morgan fingerprint density at radius 1 is 1.07 bits per heavy atom. The molecule has 2 aromatic carbocycles. The summed E-state index contributed by atoms with van der Waals surface area (Å²) in [6.07, 6.45) is 7.70. The SMILES string of the molecule is O=S([O-])NC1(c2cc(-c3ccc(F)cc3F)cc(-n3cnc4cc(-c5cnn(C6CCNC6)c5)ccc43)n2)CC1. The van der Waals surface area contributed by atoms with Gasteiger partial charge >= 0.3 is 0 Å². The van der Waals surface area contributed by atoms with Crippen LogP contribution in [0, 0.1) is 11.6 Å². The number of hydrogen-bond donors (Lipinski definition) is 2. The van der Waals surface area contributed by atoms with Crippen LogP contribution in [0.5, 0.6) is 0 Å². The van der Waals surface area contributed by atoms with E-state index in [9.17, 15) is 17.5 Å². The maximum atomic E-state index is 14.8. The maximum absolute atomic E-state index is 14.8. The topological polar surface area (TPSA) is 113 Å². The summed E-state index contributed by atoms with van der Waals surface area (Å²) in [5.74, 6) is -0.958. The quantitative estimate of drug-likeness (QED) is 0.290. The Bertz CT molecular complexity index is 1780. The van der Waals surface area contributed by atoms with E-state index in [0.717, 1.165) is 47.7 Å². The molecule has 5 aromatic rings. The van der Waals surface area contributed by atoms with Crippen LogP contribution in [0.4, 0.5) is 8.78 Å². The van der Waals surface area contributed by atoms with E-state index < -0.39 is 28.4 Å². The predicted octanol–water partition coefficient (Wildman–Crippen LogP) is 4.14. The van der Waals surface area contributed by atoms with E-state index in [2.05, 4.69) is 20.1 Å². The molecule has 2 fully saturated rings. The number of pyridine rings is 1. The predicted molar refractivity (Wildman–Crippen MR) is 145 cm³/mol. The van der Waals surface area contributed by atoms with Crippen LogP contribution in [0.2, 0.25) is 0 Å². The van der Waals surface area contributed by atoms with Gasteiger partial charge in [-0.3, -0.25) is 13.5 Å². The summed E-state index contributed by atoms with van der Waals surface area (Å²) in [6.45, 7) is 1.89. The number of nitrogens with one attached hydrogen (secondary N) is 2. The summed E-state index contributed by atoms with van der Waals surface area (Å²) in [7, 11) is 0. The third kappa shape index (κ3) is 4.52. The standard InChI is InChI=1S/C28H25F2N7O2S/c29-20-2-3-22(23(30)12-20)18-10-26(28(6-7-28)35-40(38)39)34-27(11-18)36-16-32-24-9-17(1-4-25(24)36)19-13-33-37(15-19)21-5-8-31-14-21/h1-4,9-13,15-16,21,31,35H,5-8,14H2,(H,38,39)/p-1. The van der Waals surface area contributed by atoms with Gasteiger partial charge in [0.05, 0.1) is 34.5 Å². The van der Waals surface area contributed by atoms with Gasteiger partial charge in [0.25, 0.3) is 0 Å². The molecule has 2 atom stereocenters. The molecule has 0 spiro atoms. The second-order valence-corrected chi connectivity index (χ2v) is 11.0. The summed E-state index contributed by atoms with van der Waals surface area (Å²) in [5.41, 5.74) is 3.70. The van der Waals surface area contributed by atoms with Crippen molar-refractivity contribution in [1.82, 2.24) is 34.4 Å². The number of nitrogens with zero attached hydrogens (tertiary/aromatic N) is 5. The minimum Gasteiger partial charge on any atom is -0.760 e. The van der Waals surface area contributed by atoms with Gasteiger partial charge in [0.15, 0.2) is 0 Å². The highest BCUT2D eigenvalue weighted by Crippen LogP contribution is 2.46. The summed E-state index contributed by atoms with van der Waals surface area (Å²) in [5, 5.41) is 7.91. The zero-order chi connectivity index (χ0) is 27.4. The average molecular weight is 561 g/mol. The molecule has 0 radical (unpaired) electrons. The Morgan fingerprint density at radius 3 is 2.70 bits per heavy atom. The fourth-order valence-corrected chi connectivity index (χ4v) is 6.01. The van der Waals surface area contributed by atoms with Crippen molar-refractivity contribution >= 4 is 22.3 Å². The number of benzene rings is 2. The number of rotatable bonds is 7. The lowest BCUT2D eigenvalue weighted by molar-refractivity contribution is 0.491. The van der Waals surface area contributed by atoms with Gasteiger partial charge in [0.1, 0.15) is 23.8 Å². The molecule has 2 N–H and O–H groups in total. The second kappa shape index (κ2) is 9.66. The third-order valence-corrected chi connectivity index (χ3v) is 8.27. The fourth-order valence-electron chi connectivity index (χ4n) is 5.39. The first-order valence-corrected chi connectivity index (χ1v) is 14.0. The van der Waals surface area contributed by atoms with E-state index >= 15 is 0 Å². The molecule has 1 saturated heterocycles. The largest absolute Gasteiger partial charge is 0.760 e. The maximum Gasteiger partial charge on any atom is 0.139 e. The summed E-state index contributed by atoms with van der Waals surface area (Å²) in [4.78, 5) is 9.39. The van der Waals surface area contributed by atoms with Crippen LogP contribution < -0.4 is 10.0 Å². The Balaban J connectivity index is 1.30. The zero-order valence-electron chi connectivity index (χ0n) is 21.2. The molecule has 0 bridgehead atoms. The number of hydrogen-bond acceptors (Lipinski definition) is 6. The fraction of sp³-hybridized carbons (Fsp3) is 0.250. The van der Waals surface area contributed by atoms with Gasteiger partial charge in [-0.25, -0.2) is 23.5 Å². The summed E-state index contributed by atoms with van der Waals surface area (Å²) in [6, 6.07) is 13.0. The van der Waals surface area contributed by atoms with Crippen LogP contribution in [0.1, 0.15) is 31.0 Å². The van der Waals surface area contributed by atoms with Gasteiger partial charge < -0.3 is 9.87 Å². The molecule has 204 valence electrons. The minimum atomic E-state index is -2.51. The van der Waals surface area contributed by atoms with Gasteiger partial charge in [0.2, 0.25) is 0 Å². The Labute approximate surface area is 230 Å². The average Bonchev–Trinajstić information content (AvgIpc) is 3.35. The molecule has 2 aliphatic rings. The molecule has 3 aromatic heterocycles. The molecule has 1 saturated carbocycles. The highest BCUT2D eigenvalue weighted by Gasteiger charge is 2.46. The Kier molecular flexibility index (Phi) is 6.08. The first-order valence-electron chi connectivity index (χ1n) is 13.0. The van der Waals surface area contributed by atoms with Crippen molar-refractivity contribution in [2.75, 3.05) is 13.1 Å². The van der Waals surface area contributed by atoms with Gasteiger partial charge in [-0.2, -0.15) is 5.10 Å². The van der Waals surface area contributed by atoms with Crippen molar-refractivity contribution in [1.29, 1.82) is 0 Å². The first-order chi connectivity index (χ1) is 19.4. The van der Waals surface area contributed by atoms with E-state index in [1.54, 1.807) is 23.0 Å². The van der Waals surface area contributed by atoms with Crippen LogP contribution in [0.15, 0.2) is 67.3 Å². The van der Waals surface area contributed by atoms with Crippen molar-refractivity contribution in [3.05, 3.63) is 84.6 Å². The van der Waals surface area contributed by atoms with Gasteiger partial charge in [0, 0.05) is 41.2 Å².